The fraction of sp³-hybridized carbons (Fsp3) is 0.0612. The average Bonchev–Trinajstić information content (AvgIpc) is 3.46. The maximum absolute atomic E-state index is 6.84. The third kappa shape index (κ3) is 5.16. The first-order chi connectivity index (χ1) is 26.4. The first-order valence-corrected chi connectivity index (χ1v) is 18.2. The molecule has 0 bridgehead atoms. The van der Waals surface area contributed by atoms with Gasteiger partial charge in [0.05, 0.1) is 11.4 Å². The molecule has 0 saturated heterocycles. The minimum atomic E-state index is -0.143. The Balaban J connectivity index is 1.10. The van der Waals surface area contributed by atoms with E-state index < -0.39 is 0 Å². The van der Waals surface area contributed by atoms with Crippen LogP contribution in [0.2, 0.25) is 0 Å². The lowest BCUT2D eigenvalue weighted by Crippen LogP contribution is -2.15. The SMILES string of the molecule is CC1(C)c2ccccc2-c2c1ccc1c2Oc2cccc(-c3ccccc3-c3nc(-c4ccccc4)cc(-c4cccc(-c5cccc(N)c5)c4)n3)c2O1. The molecule has 2 aliphatic rings. The number of ether oxygens (including phenoxy) is 2. The molecule has 8 aromatic rings. The Labute approximate surface area is 314 Å². The summed E-state index contributed by atoms with van der Waals surface area (Å²) in [5, 5.41) is 0. The van der Waals surface area contributed by atoms with Crippen LogP contribution in [0, 0.1) is 0 Å². The van der Waals surface area contributed by atoms with Gasteiger partial charge in [-0.15, -0.1) is 0 Å². The quantitative estimate of drug-likeness (QED) is 0.181. The summed E-state index contributed by atoms with van der Waals surface area (Å²) in [6.07, 6.45) is 0. The Morgan fingerprint density at radius 3 is 1.85 bits per heavy atom. The maximum Gasteiger partial charge on any atom is 0.178 e. The van der Waals surface area contributed by atoms with Crippen molar-refractivity contribution >= 4 is 5.69 Å². The highest BCUT2D eigenvalue weighted by molar-refractivity contribution is 5.91. The van der Waals surface area contributed by atoms with Crippen LogP contribution in [0.4, 0.5) is 5.69 Å². The Kier molecular flexibility index (Phi) is 7.24. The number of nitrogens with two attached hydrogens (primary N) is 1. The molecule has 0 radical (unpaired) electrons. The summed E-state index contributed by atoms with van der Waals surface area (Å²) in [6.45, 7) is 4.54. The second-order valence-corrected chi connectivity index (χ2v) is 14.4. The average molecular weight is 698 g/mol. The summed E-state index contributed by atoms with van der Waals surface area (Å²) in [7, 11) is 0. The summed E-state index contributed by atoms with van der Waals surface area (Å²) < 4.78 is 13.7. The van der Waals surface area contributed by atoms with E-state index in [2.05, 4.69) is 111 Å². The Morgan fingerprint density at radius 1 is 0.444 bits per heavy atom. The minimum absolute atomic E-state index is 0.143. The van der Waals surface area contributed by atoms with E-state index in [0.29, 0.717) is 23.1 Å². The normalized spacial score (nSPS) is 13.1. The lowest BCUT2D eigenvalue weighted by Gasteiger charge is -2.26. The molecule has 1 aromatic heterocycles. The van der Waals surface area contributed by atoms with Crippen LogP contribution >= 0.6 is 0 Å². The number of benzene rings is 7. The highest BCUT2D eigenvalue weighted by Crippen LogP contribution is 2.59. The van der Waals surface area contributed by atoms with E-state index in [9.17, 15) is 0 Å². The van der Waals surface area contributed by atoms with E-state index in [-0.39, 0.29) is 5.41 Å². The molecule has 2 N–H and O–H groups in total. The standard InChI is InChI=1S/C49H35N3O2/c1-49(2)39-23-9-8-21-38(39)45-40(49)25-26-44-47(45)54-43-24-12-22-36(46(43)53-44)35-19-6-7-20-37(35)48-51-41(30-13-4-3-5-14-30)29-42(52-48)33-17-10-15-31(27-33)32-16-11-18-34(50)28-32/h3-29H,50H2,1-2H3. The van der Waals surface area contributed by atoms with Gasteiger partial charge in [0.1, 0.15) is 0 Å². The van der Waals surface area contributed by atoms with Crippen LogP contribution in [0.25, 0.3) is 67.3 Å². The van der Waals surface area contributed by atoms with Crippen LogP contribution < -0.4 is 15.2 Å². The molecule has 0 unspecified atom stereocenters. The molecule has 2 heterocycles. The first kappa shape index (κ1) is 31.7. The molecule has 0 spiro atoms. The van der Waals surface area contributed by atoms with Gasteiger partial charge >= 0.3 is 0 Å². The number of nitrogen functional groups attached to an aromatic ring is 1. The largest absolute Gasteiger partial charge is 0.449 e. The van der Waals surface area contributed by atoms with Gasteiger partial charge in [-0.3, -0.25) is 0 Å². The van der Waals surface area contributed by atoms with E-state index in [0.717, 1.165) is 67.3 Å². The smallest absolute Gasteiger partial charge is 0.178 e. The fourth-order valence-electron chi connectivity index (χ4n) is 8.02. The van der Waals surface area contributed by atoms with E-state index in [1.165, 1.54) is 16.7 Å². The molecule has 258 valence electrons. The van der Waals surface area contributed by atoms with Crippen molar-refractivity contribution in [3.8, 4) is 90.3 Å². The molecule has 5 heteroatoms. The Hall–Kier alpha value is -6.98. The highest BCUT2D eigenvalue weighted by atomic mass is 16.6. The number of nitrogens with zero attached hydrogens (tertiary/aromatic N) is 2. The van der Waals surface area contributed by atoms with Crippen molar-refractivity contribution < 1.29 is 9.47 Å². The van der Waals surface area contributed by atoms with Crippen molar-refractivity contribution in [3.05, 3.63) is 175 Å². The molecular formula is C49H35N3O2. The summed E-state index contributed by atoms with van der Waals surface area (Å²) >= 11 is 0. The van der Waals surface area contributed by atoms with Gasteiger partial charge in [0.25, 0.3) is 0 Å². The molecule has 0 atom stereocenters. The summed E-state index contributed by atoms with van der Waals surface area (Å²) in [5.41, 5.74) is 20.0. The van der Waals surface area contributed by atoms with E-state index >= 15 is 0 Å². The molecule has 0 fully saturated rings. The van der Waals surface area contributed by atoms with Crippen LogP contribution in [0.15, 0.2) is 164 Å². The highest BCUT2D eigenvalue weighted by Gasteiger charge is 2.39. The predicted octanol–water partition coefficient (Wildman–Crippen LogP) is 12.6. The van der Waals surface area contributed by atoms with E-state index in [1.807, 2.05) is 66.7 Å². The van der Waals surface area contributed by atoms with Gasteiger partial charge in [-0.1, -0.05) is 141 Å². The number of hydrogen-bond donors (Lipinski definition) is 1. The second kappa shape index (κ2) is 12.3. The molecule has 1 aliphatic heterocycles. The van der Waals surface area contributed by atoms with E-state index in [4.69, 9.17) is 25.2 Å². The molecule has 0 saturated carbocycles. The Bertz CT molecular complexity index is 2770. The maximum atomic E-state index is 6.84. The summed E-state index contributed by atoms with van der Waals surface area (Å²) in [6, 6.07) is 55.8. The monoisotopic (exact) mass is 697 g/mol. The molecule has 10 rings (SSSR count). The van der Waals surface area contributed by atoms with Crippen LogP contribution in [0.5, 0.6) is 23.0 Å². The van der Waals surface area contributed by atoms with Crippen molar-refractivity contribution in [3.63, 3.8) is 0 Å². The molecule has 0 amide bonds. The zero-order chi connectivity index (χ0) is 36.4. The molecule has 5 nitrogen and oxygen atoms in total. The molecule has 1 aliphatic carbocycles. The van der Waals surface area contributed by atoms with Gasteiger partial charge in [-0.05, 0) is 69.8 Å². The van der Waals surface area contributed by atoms with Crippen LogP contribution in [0.3, 0.4) is 0 Å². The van der Waals surface area contributed by atoms with Gasteiger partial charge in [0.2, 0.25) is 0 Å². The lowest BCUT2D eigenvalue weighted by atomic mass is 9.82. The van der Waals surface area contributed by atoms with Crippen molar-refractivity contribution in [1.82, 2.24) is 9.97 Å². The molecular weight excluding hydrogens is 663 g/mol. The van der Waals surface area contributed by atoms with Crippen molar-refractivity contribution in [1.29, 1.82) is 0 Å². The number of fused-ring (bicyclic) bond motifs is 6. The van der Waals surface area contributed by atoms with Crippen molar-refractivity contribution in [2.24, 2.45) is 0 Å². The van der Waals surface area contributed by atoms with Crippen LogP contribution in [0.1, 0.15) is 25.0 Å². The lowest BCUT2D eigenvalue weighted by molar-refractivity contribution is 0.361. The van der Waals surface area contributed by atoms with Gasteiger partial charge in [0.15, 0.2) is 28.8 Å². The molecule has 54 heavy (non-hydrogen) atoms. The van der Waals surface area contributed by atoms with Gasteiger partial charge in [-0.25, -0.2) is 9.97 Å². The summed E-state index contributed by atoms with van der Waals surface area (Å²) in [5.74, 6) is 3.40. The van der Waals surface area contributed by atoms with Gasteiger partial charge < -0.3 is 15.2 Å². The number of para-hydroxylation sites is 1. The molecule has 7 aromatic carbocycles. The van der Waals surface area contributed by atoms with Crippen molar-refractivity contribution in [2.45, 2.75) is 19.3 Å². The zero-order valence-corrected chi connectivity index (χ0v) is 29.9. The minimum Gasteiger partial charge on any atom is -0.449 e. The van der Waals surface area contributed by atoms with E-state index in [1.54, 1.807) is 0 Å². The first-order valence-electron chi connectivity index (χ1n) is 18.2. The number of aromatic nitrogens is 2. The number of rotatable bonds is 5. The third-order valence-corrected chi connectivity index (χ3v) is 10.7. The fourth-order valence-corrected chi connectivity index (χ4v) is 8.02. The number of hydrogen-bond acceptors (Lipinski definition) is 5. The van der Waals surface area contributed by atoms with Gasteiger partial charge in [-0.2, -0.15) is 0 Å². The number of anilines is 1. The third-order valence-electron chi connectivity index (χ3n) is 10.7. The van der Waals surface area contributed by atoms with Gasteiger partial charge in [0, 0.05) is 38.9 Å². The second-order valence-electron chi connectivity index (χ2n) is 14.4. The van der Waals surface area contributed by atoms with Crippen molar-refractivity contribution in [2.75, 3.05) is 5.73 Å². The Morgan fingerprint density at radius 2 is 1.04 bits per heavy atom. The predicted molar refractivity (Wildman–Crippen MR) is 218 cm³/mol. The summed E-state index contributed by atoms with van der Waals surface area (Å²) in [4.78, 5) is 10.5. The van der Waals surface area contributed by atoms with Crippen LogP contribution in [-0.4, -0.2) is 9.97 Å². The van der Waals surface area contributed by atoms with Crippen LogP contribution in [-0.2, 0) is 5.41 Å². The zero-order valence-electron chi connectivity index (χ0n) is 29.9. The topological polar surface area (TPSA) is 70.3 Å².